The van der Waals surface area contributed by atoms with Gasteiger partial charge in [-0.1, -0.05) is 39.2 Å². The molecule has 0 aromatic rings. The molecule has 0 aliphatic heterocycles. The first-order valence-electron chi connectivity index (χ1n) is 4.83. The standard InChI is InChI=1S/C11H20O/c1-3-5-6-7-8-9-10-11-12-4-2/h4,10-11H,2-3,5-9H2,1H3. The molecule has 12 heavy (non-hydrogen) atoms. The molecule has 0 aromatic heterocycles. The molecule has 0 aromatic carbocycles. The summed E-state index contributed by atoms with van der Waals surface area (Å²) >= 11 is 0. The maximum absolute atomic E-state index is 4.84. The van der Waals surface area contributed by atoms with Crippen LogP contribution in [0.2, 0.25) is 0 Å². The molecule has 0 saturated carbocycles. The quantitative estimate of drug-likeness (QED) is 0.393. The van der Waals surface area contributed by atoms with E-state index in [-0.39, 0.29) is 0 Å². The fraction of sp³-hybridized carbons (Fsp3) is 0.636. The van der Waals surface area contributed by atoms with Crippen LogP contribution in [0.4, 0.5) is 0 Å². The van der Waals surface area contributed by atoms with E-state index < -0.39 is 0 Å². The van der Waals surface area contributed by atoms with Gasteiger partial charge in [0.1, 0.15) is 0 Å². The summed E-state index contributed by atoms with van der Waals surface area (Å²) in [5.74, 6) is 0. The van der Waals surface area contributed by atoms with Crippen LogP contribution in [-0.2, 0) is 4.74 Å². The first-order valence-corrected chi connectivity index (χ1v) is 4.83. The molecular weight excluding hydrogens is 148 g/mol. The van der Waals surface area contributed by atoms with Crippen LogP contribution < -0.4 is 0 Å². The van der Waals surface area contributed by atoms with Crippen LogP contribution in [0.5, 0.6) is 0 Å². The van der Waals surface area contributed by atoms with Crippen molar-refractivity contribution < 1.29 is 4.74 Å². The van der Waals surface area contributed by atoms with Crippen molar-refractivity contribution in [2.75, 3.05) is 0 Å². The second-order valence-electron chi connectivity index (χ2n) is 2.88. The minimum Gasteiger partial charge on any atom is -0.474 e. The van der Waals surface area contributed by atoms with Crippen LogP contribution in [0.3, 0.4) is 0 Å². The van der Waals surface area contributed by atoms with E-state index in [1.54, 1.807) is 6.26 Å². The Morgan fingerprint density at radius 1 is 1.17 bits per heavy atom. The third-order valence-electron chi connectivity index (χ3n) is 1.75. The Morgan fingerprint density at radius 2 is 1.92 bits per heavy atom. The van der Waals surface area contributed by atoms with E-state index in [2.05, 4.69) is 13.5 Å². The van der Waals surface area contributed by atoms with E-state index in [9.17, 15) is 0 Å². The largest absolute Gasteiger partial charge is 0.474 e. The normalized spacial score (nSPS) is 10.4. The lowest BCUT2D eigenvalue weighted by Crippen LogP contribution is -1.76. The van der Waals surface area contributed by atoms with Gasteiger partial charge >= 0.3 is 0 Å². The van der Waals surface area contributed by atoms with Gasteiger partial charge in [0.15, 0.2) is 0 Å². The Bertz CT molecular complexity index is 116. The van der Waals surface area contributed by atoms with E-state index in [1.165, 1.54) is 38.4 Å². The zero-order chi connectivity index (χ0) is 9.07. The van der Waals surface area contributed by atoms with Crippen LogP contribution in [0.25, 0.3) is 0 Å². The lowest BCUT2D eigenvalue weighted by Gasteiger charge is -1.95. The summed E-state index contributed by atoms with van der Waals surface area (Å²) in [7, 11) is 0. The van der Waals surface area contributed by atoms with Crippen molar-refractivity contribution in [1.29, 1.82) is 0 Å². The Labute approximate surface area is 76.1 Å². The summed E-state index contributed by atoms with van der Waals surface area (Å²) in [5, 5.41) is 0. The van der Waals surface area contributed by atoms with Crippen molar-refractivity contribution >= 4 is 0 Å². The van der Waals surface area contributed by atoms with E-state index >= 15 is 0 Å². The van der Waals surface area contributed by atoms with Gasteiger partial charge in [-0.2, -0.15) is 0 Å². The second-order valence-corrected chi connectivity index (χ2v) is 2.88. The molecule has 0 spiro atoms. The van der Waals surface area contributed by atoms with E-state index in [1.807, 2.05) is 6.08 Å². The predicted molar refractivity (Wildman–Crippen MR) is 53.8 cm³/mol. The monoisotopic (exact) mass is 168 g/mol. The summed E-state index contributed by atoms with van der Waals surface area (Å²) < 4.78 is 4.84. The maximum Gasteiger partial charge on any atom is 0.0861 e. The highest BCUT2D eigenvalue weighted by Gasteiger charge is 1.85. The highest BCUT2D eigenvalue weighted by molar-refractivity contribution is 4.75. The SMILES string of the molecule is C=COC=CCCCCCCC. The molecule has 0 rings (SSSR count). The van der Waals surface area contributed by atoms with Gasteiger partial charge in [-0.25, -0.2) is 0 Å². The third-order valence-corrected chi connectivity index (χ3v) is 1.75. The smallest absolute Gasteiger partial charge is 0.0861 e. The zero-order valence-electron chi connectivity index (χ0n) is 8.09. The molecule has 1 nitrogen and oxygen atoms in total. The van der Waals surface area contributed by atoms with Crippen molar-refractivity contribution in [3.63, 3.8) is 0 Å². The molecule has 0 aliphatic carbocycles. The lowest BCUT2D eigenvalue weighted by molar-refractivity contribution is 0.402. The first kappa shape index (κ1) is 11.3. The fourth-order valence-corrected chi connectivity index (χ4v) is 1.04. The summed E-state index contributed by atoms with van der Waals surface area (Å²) in [6.45, 7) is 5.68. The number of ether oxygens (including phenoxy) is 1. The molecule has 0 heterocycles. The van der Waals surface area contributed by atoms with Crippen molar-refractivity contribution in [2.45, 2.75) is 45.4 Å². The molecule has 1 heteroatoms. The van der Waals surface area contributed by atoms with Crippen molar-refractivity contribution in [2.24, 2.45) is 0 Å². The summed E-state index contributed by atoms with van der Waals surface area (Å²) in [4.78, 5) is 0. The van der Waals surface area contributed by atoms with Gasteiger partial charge in [0, 0.05) is 0 Å². The number of allylic oxidation sites excluding steroid dienone is 1. The molecular formula is C11H20O. The summed E-state index contributed by atoms with van der Waals surface area (Å²) in [6.07, 6.45) is 13.0. The minimum atomic E-state index is 1.12. The van der Waals surface area contributed by atoms with Gasteiger partial charge in [-0.15, -0.1) is 0 Å². The van der Waals surface area contributed by atoms with E-state index in [0.29, 0.717) is 0 Å². The third kappa shape index (κ3) is 9.28. The topological polar surface area (TPSA) is 9.23 Å². The molecule has 0 amide bonds. The highest BCUT2D eigenvalue weighted by atomic mass is 16.5. The highest BCUT2D eigenvalue weighted by Crippen LogP contribution is 2.05. The molecule has 0 unspecified atom stereocenters. The minimum absolute atomic E-state index is 1.12. The number of rotatable bonds is 8. The van der Waals surface area contributed by atoms with Crippen LogP contribution >= 0.6 is 0 Å². The molecule has 0 aliphatic rings. The Hall–Kier alpha value is -0.720. The molecule has 0 bridgehead atoms. The zero-order valence-corrected chi connectivity index (χ0v) is 8.09. The van der Waals surface area contributed by atoms with Gasteiger partial charge in [0.2, 0.25) is 0 Å². The molecule has 0 fully saturated rings. The van der Waals surface area contributed by atoms with Crippen molar-refractivity contribution in [3.8, 4) is 0 Å². The molecule has 70 valence electrons. The van der Waals surface area contributed by atoms with Crippen LogP contribution in [0.15, 0.2) is 25.2 Å². The molecule has 0 atom stereocenters. The fourth-order valence-electron chi connectivity index (χ4n) is 1.04. The Balaban J connectivity index is 2.94. The number of unbranched alkanes of at least 4 members (excludes halogenated alkanes) is 5. The van der Waals surface area contributed by atoms with Crippen LogP contribution in [0.1, 0.15) is 45.4 Å². The van der Waals surface area contributed by atoms with E-state index in [4.69, 9.17) is 4.74 Å². The first-order chi connectivity index (χ1) is 5.91. The average Bonchev–Trinajstić information content (AvgIpc) is 2.10. The molecule has 0 N–H and O–H groups in total. The number of hydrogen-bond acceptors (Lipinski definition) is 1. The van der Waals surface area contributed by atoms with Crippen LogP contribution in [0, 0.1) is 0 Å². The van der Waals surface area contributed by atoms with Gasteiger partial charge in [-0.3, -0.25) is 0 Å². The van der Waals surface area contributed by atoms with E-state index in [0.717, 1.165) is 6.42 Å². The van der Waals surface area contributed by atoms with Crippen molar-refractivity contribution in [3.05, 3.63) is 25.2 Å². The van der Waals surface area contributed by atoms with Crippen LogP contribution in [-0.4, -0.2) is 0 Å². The Kier molecular flexibility index (Phi) is 9.66. The molecule has 0 saturated heterocycles. The lowest BCUT2D eigenvalue weighted by atomic mass is 10.1. The van der Waals surface area contributed by atoms with Gasteiger partial charge < -0.3 is 4.74 Å². The van der Waals surface area contributed by atoms with Crippen molar-refractivity contribution in [1.82, 2.24) is 0 Å². The van der Waals surface area contributed by atoms with Gasteiger partial charge in [-0.05, 0) is 18.9 Å². The Morgan fingerprint density at radius 3 is 2.58 bits per heavy atom. The van der Waals surface area contributed by atoms with Gasteiger partial charge in [0.25, 0.3) is 0 Å². The predicted octanol–water partition coefficient (Wildman–Crippen LogP) is 4.02. The number of hydrogen-bond donors (Lipinski definition) is 0. The van der Waals surface area contributed by atoms with Gasteiger partial charge in [0.05, 0.1) is 12.5 Å². The molecule has 0 radical (unpaired) electrons. The second kappa shape index (κ2) is 10.3. The maximum atomic E-state index is 4.84. The summed E-state index contributed by atoms with van der Waals surface area (Å²) in [6, 6.07) is 0. The average molecular weight is 168 g/mol. The summed E-state index contributed by atoms with van der Waals surface area (Å²) in [5.41, 5.74) is 0.